The van der Waals surface area contributed by atoms with E-state index in [0.717, 1.165) is 11.3 Å². The van der Waals surface area contributed by atoms with Crippen molar-refractivity contribution in [2.75, 3.05) is 5.32 Å². The van der Waals surface area contributed by atoms with Crippen LogP contribution in [0, 0.1) is 5.82 Å². The molecular formula is C23H19ClFNO2. The molecule has 3 rings (SSSR count). The van der Waals surface area contributed by atoms with E-state index in [1.165, 1.54) is 18.3 Å². The molecule has 3 nitrogen and oxygen atoms in total. The molecule has 0 saturated carbocycles. The molecule has 0 aliphatic rings. The van der Waals surface area contributed by atoms with Crippen LogP contribution in [0.2, 0.25) is 5.02 Å². The quantitative estimate of drug-likeness (QED) is 0.490. The van der Waals surface area contributed by atoms with Gasteiger partial charge >= 0.3 is 0 Å². The van der Waals surface area contributed by atoms with Gasteiger partial charge in [-0.25, -0.2) is 4.39 Å². The molecule has 0 aromatic heterocycles. The minimum Gasteiger partial charge on any atom is -0.482 e. The zero-order valence-corrected chi connectivity index (χ0v) is 16.0. The van der Waals surface area contributed by atoms with Crippen molar-refractivity contribution in [2.45, 2.75) is 13.0 Å². The summed E-state index contributed by atoms with van der Waals surface area (Å²) in [5.74, 6) is -0.339. The fourth-order valence-electron chi connectivity index (χ4n) is 2.58. The number of benzene rings is 3. The summed E-state index contributed by atoms with van der Waals surface area (Å²) in [6.07, 6.45) is 2.17. The van der Waals surface area contributed by atoms with Crippen molar-refractivity contribution in [1.29, 1.82) is 0 Å². The largest absolute Gasteiger partial charge is 0.482 e. The fourth-order valence-corrected chi connectivity index (χ4v) is 2.71. The predicted octanol–water partition coefficient (Wildman–Crippen LogP) is 6.11. The summed E-state index contributed by atoms with van der Waals surface area (Å²) in [4.78, 5) is 12.2. The van der Waals surface area contributed by atoms with Crippen LogP contribution in [0.4, 0.5) is 10.1 Å². The van der Waals surface area contributed by atoms with Crippen LogP contribution in [-0.4, -0.2) is 11.9 Å². The average Bonchev–Trinajstić information content (AvgIpc) is 2.70. The Morgan fingerprint density at radius 1 is 1.07 bits per heavy atom. The SMILES string of the molecule is C[C@@H](Oc1ccc(-c2ccccc2)c(F)c1)C(=O)/C=C/Nc1ccc(Cl)cc1. The average molecular weight is 396 g/mol. The topological polar surface area (TPSA) is 38.3 Å². The first-order chi connectivity index (χ1) is 13.5. The molecule has 0 saturated heterocycles. The second-order valence-electron chi connectivity index (χ2n) is 6.15. The number of carbonyl (C=O) groups is 1. The number of hydrogen-bond acceptors (Lipinski definition) is 3. The highest BCUT2D eigenvalue weighted by Crippen LogP contribution is 2.26. The number of ether oxygens (including phenoxy) is 1. The third kappa shape index (κ3) is 5.21. The Balaban J connectivity index is 1.59. The monoisotopic (exact) mass is 395 g/mol. The maximum absolute atomic E-state index is 14.4. The van der Waals surface area contributed by atoms with E-state index >= 15 is 0 Å². The molecule has 0 aliphatic heterocycles. The predicted molar refractivity (Wildman–Crippen MR) is 111 cm³/mol. The molecule has 0 spiro atoms. The van der Waals surface area contributed by atoms with Gasteiger partial charge in [-0.15, -0.1) is 0 Å². The summed E-state index contributed by atoms with van der Waals surface area (Å²) in [6.45, 7) is 1.62. The van der Waals surface area contributed by atoms with Gasteiger partial charge in [0.1, 0.15) is 11.6 Å². The molecule has 0 radical (unpaired) electrons. The van der Waals surface area contributed by atoms with E-state index in [9.17, 15) is 9.18 Å². The highest BCUT2D eigenvalue weighted by Gasteiger charge is 2.13. The van der Waals surface area contributed by atoms with Crippen LogP contribution in [0.3, 0.4) is 0 Å². The summed E-state index contributed by atoms with van der Waals surface area (Å²) in [6, 6.07) is 20.9. The van der Waals surface area contributed by atoms with Crippen LogP contribution in [0.5, 0.6) is 5.75 Å². The standard InChI is InChI=1S/C23H19ClFNO2/c1-16(23(27)13-14-26-19-9-7-18(24)8-10-19)28-20-11-12-21(22(25)15-20)17-5-3-2-4-6-17/h2-16,26H,1H3/b14-13+/t16-/m1/s1. The van der Waals surface area contributed by atoms with Gasteiger partial charge in [0.05, 0.1) is 0 Å². The molecular weight excluding hydrogens is 377 g/mol. The smallest absolute Gasteiger partial charge is 0.197 e. The van der Waals surface area contributed by atoms with Gasteiger partial charge in [-0.1, -0.05) is 41.9 Å². The highest BCUT2D eigenvalue weighted by molar-refractivity contribution is 6.30. The molecule has 0 amide bonds. The van der Waals surface area contributed by atoms with Gasteiger partial charge in [-0.3, -0.25) is 4.79 Å². The van der Waals surface area contributed by atoms with Gasteiger partial charge in [0.2, 0.25) is 0 Å². The van der Waals surface area contributed by atoms with Gasteiger partial charge in [-0.2, -0.15) is 0 Å². The Hall–Kier alpha value is -3.11. The molecule has 3 aromatic rings. The van der Waals surface area contributed by atoms with E-state index in [2.05, 4.69) is 5.32 Å². The zero-order chi connectivity index (χ0) is 19.9. The molecule has 0 heterocycles. The summed E-state index contributed by atoms with van der Waals surface area (Å²) < 4.78 is 20.0. The molecule has 28 heavy (non-hydrogen) atoms. The summed E-state index contributed by atoms with van der Waals surface area (Å²) in [5, 5.41) is 3.62. The lowest BCUT2D eigenvalue weighted by molar-refractivity contribution is -0.120. The summed E-state index contributed by atoms with van der Waals surface area (Å²) in [7, 11) is 0. The van der Waals surface area contributed by atoms with Crippen LogP contribution in [-0.2, 0) is 4.79 Å². The van der Waals surface area contributed by atoms with Gasteiger partial charge in [0, 0.05) is 34.6 Å². The van der Waals surface area contributed by atoms with Gasteiger partial charge in [0.25, 0.3) is 0 Å². The number of anilines is 1. The molecule has 0 aliphatic carbocycles. The van der Waals surface area contributed by atoms with E-state index in [0.29, 0.717) is 16.3 Å². The molecule has 0 unspecified atom stereocenters. The van der Waals surface area contributed by atoms with E-state index in [1.807, 2.05) is 30.3 Å². The lowest BCUT2D eigenvalue weighted by Gasteiger charge is -2.13. The molecule has 0 fully saturated rings. The zero-order valence-electron chi connectivity index (χ0n) is 15.2. The highest BCUT2D eigenvalue weighted by atomic mass is 35.5. The van der Waals surface area contributed by atoms with Crippen molar-refractivity contribution in [2.24, 2.45) is 0 Å². The molecule has 5 heteroatoms. The van der Waals surface area contributed by atoms with Crippen molar-refractivity contribution >= 4 is 23.1 Å². The third-order valence-corrected chi connectivity index (χ3v) is 4.33. The van der Waals surface area contributed by atoms with Crippen LogP contribution in [0.1, 0.15) is 6.92 Å². The third-order valence-electron chi connectivity index (χ3n) is 4.08. The number of halogens is 2. The maximum Gasteiger partial charge on any atom is 0.197 e. The van der Waals surface area contributed by atoms with Crippen LogP contribution < -0.4 is 10.1 Å². The molecule has 142 valence electrons. The minimum atomic E-state index is -0.745. The Labute approximate surface area is 168 Å². The van der Waals surface area contributed by atoms with E-state index in [-0.39, 0.29) is 5.78 Å². The number of ketones is 1. The van der Waals surface area contributed by atoms with Crippen LogP contribution >= 0.6 is 11.6 Å². The van der Waals surface area contributed by atoms with E-state index in [1.54, 1.807) is 43.3 Å². The molecule has 3 aromatic carbocycles. The van der Waals surface area contributed by atoms with E-state index < -0.39 is 11.9 Å². The Bertz CT molecular complexity index is 972. The molecule has 0 bridgehead atoms. The Morgan fingerprint density at radius 2 is 1.79 bits per heavy atom. The number of carbonyl (C=O) groups excluding carboxylic acids is 1. The lowest BCUT2D eigenvalue weighted by atomic mass is 10.1. The van der Waals surface area contributed by atoms with Crippen molar-refractivity contribution in [3.63, 3.8) is 0 Å². The van der Waals surface area contributed by atoms with Crippen molar-refractivity contribution in [3.05, 3.63) is 95.9 Å². The lowest BCUT2D eigenvalue weighted by Crippen LogP contribution is -2.22. The summed E-state index contributed by atoms with van der Waals surface area (Å²) >= 11 is 5.83. The van der Waals surface area contributed by atoms with Gasteiger partial charge < -0.3 is 10.1 Å². The Morgan fingerprint density at radius 3 is 2.46 bits per heavy atom. The normalized spacial score (nSPS) is 12.0. The maximum atomic E-state index is 14.4. The van der Waals surface area contributed by atoms with Crippen LogP contribution in [0.25, 0.3) is 11.1 Å². The Kier molecular flexibility index (Phi) is 6.45. The number of hydrogen-bond donors (Lipinski definition) is 1. The number of nitrogens with one attached hydrogen (secondary N) is 1. The second-order valence-corrected chi connectivity index (χ2v) is 6.59. The first-order valence-corrected chi connectivity index (χ1v) is 9.15. The van der Waals surface area contributed by atoms with Crippen molar-refractivity contribution < 1.29 is 13.9 Å². The van der Waals surface area contributed by atoms with Crippen molar-refractivity contribution in [1.82, 2.24) is 0 Å². The van der Waals surface area contributed by atoms with E-state index in [4.69, 9.17) is 16.3 Å². The molecule has 1 atom stereocenters. The minimum absolute atomic E-state index is 0.242. The first kappa shape index (κ1) is 19.6. The first-order valence-electron chi connectivity index (χ1n) is 8.77. The van der Waals surface area contributed by atoms with Gasteiger partial charge in [-0.05, 0) is 48.9 Å². The summed E-state index contributed by atoms with van der Waals surface area (Å²) in [5.41, 5.74) is 2.08. The number of rotatable bonds is 7. The van der Waals surface area contributed by atoms with Crippen LogP contribution in [0.15, 0.2) is 85.1 Å². The fraction of sp³-hybridized carbons (Fsp3) is 0.0870. The second kappa shape index (κ2) is 9.20. The van der Waals surface area contributed by atoms with Crippen molar-refractivity contribution in [3.8, 4) is 16.9 Å². The van der Waals surface area contributed by atoms with Gasteiger partial charge in [0.15, 0.2) is 11.9 Å². The molecule has 1 N–H and O–H groups in total.